The maximum atomic E-state index is 9.83. The number of hydrogen-bond donors (Lipinski definition) is 1. The monoisotopic (exact) mass is 245 g/mol. The van der Waals surface area contributed by atoms with Crippen molar-refractivity contribution in [3.8, 4) is 17.1 Å². The number of aromatic nitrogens is 3. The van der Waals surface area contributed by atoms with Gasteiger partial charge >= 0.3 is 0 Å². The van der Waals surface area contributed by atoms with Gasteiger partial charge in [0, 0.05) is 0 Å². The first-order chi connectivity index (χ1) is 8.56. The van der Waals surface area contributed by atoms with E-state index >= 15 is 0 Å². The summed E-state index contributed by atoms with van der Waals surface area (Å²) in [7, 11) is 0. The van der Waals surface area contributed by atoms with Crippen molar-refractivity contribution < 1.29 is 5.11 Å². The molecule has 1 aromatic carbocycles. The predicted molar refractivity (Wildman–Crippen MR) is 72.5 cm³/mol. The van der Waals surface area contributed by atoms with Crippen molar-refractivity contribution >= 4 is 0 Å². The van der Waals surface area contributed by atoms with Gasteiger partial charge in [-0.1, -0.05) is 19.9 Å². The van der Waals surface area contributed by atoms with Gasteiger partial charge in [0.05, 0.1) is 5.56 Å². The van der Waals surface area contributed by atoms with Crippen molar-refractivity contribution in [2.45, 2.75) is 34.6 Å². The topological polar surface area (TPSA) is 58.9 Å². The molecule has 1 heterocycles. The van der Waals surface area contributed by atoms with Crippen molar-refractivity contribution in [1.29, 1.82) is 0 Å². The van der Waals surface area contributed by atoms with E-state index in [4.69, 9.17) is 0 Å². The number of phenols is 1. The first kappa shape index (κ1) is 14.1. The standard InChI is InChI=1S/C12H13N3O.C2H6/c1-7-4-5-10(11(16)6-7)12-14-8(2)13-9(3)15-12;1-2/h4-6,16H,1-3H3;1-2H3. The number of aryl methyl sites for hydroxylation is 3. The lowest BCUT2D eigenvalue weighted by Crippen LogP contribution is -1.98. The predicted octanol–water partition coefficient (Wildman–Crippen LogP) is 3.20. The van der Waals surface area contributed by atoms with Crippen LogP contribution < -0.4 is 0 Å². The SMILES string of the molecule is CC.Cc1ccc(-c2nc(C)nc(C)n2)c(O)c1. The highest BCUT2D eigenvalue weighted by Gasteiger charge is 2.08. The number of aromatic hydroxyl groups is 1. The average molecular weight is 245 g/mol. The van der Waals surface area contributed by atoms with Crippen LogP contribution >= 0.6 is 0 Å². The zero-order valence-corrected chi connectivity index (χ0v) is 11.5. The van der Waals surface area contributed by atoms with Crippen LogP contribution in [-0.2, 0) is 0 Å². The fourth-order valence-electron chi connectivity index (χ4n) is 1.57. The van der Waals surface area contributed by atoms with Gasteiger partial charge in [0.2, 0.25) is 0 Å². The summed E-state index contributed by atoms with van der Waals surface area (Å²) in [5, 5.41) is 9.83. The van der Waals surface area contributed by atoms with Crippen LogP contribution in [0.1, 0.15) is 31.1 Å². The summed E-state index contributed by atoms with van der Waals surface area (Å²) in [6.07, 6.45) is 0. The van der Waals surface area contributed by atoms with Crippen LogP contribution in [0, 0.1) is 20.8 Å². The van der Waals surface area contributed by atoms with Gasteiger partial charge in [0.15, 0.2) is 5.82 Å². The molecule has 0 aliphatic heterocycles. The summed E-state index contributed by atoms with van der Waals surface area (Å²) in [4.78, 5) is 12.5. The second kappa shape index (κ2) is 6.10. The van der Waals surface area contributed by atoms with Crippen LogP contribution in [0.5, 0.6) is 5.75 Å². The van der Waals surface area contributed by atoms with Gasteiger partial charge in [-0.15, -0.1) is 0 Å². The molecule has 0 bridgehead atoms. The molecule has 0 amide bonds. The fourth-order valence-corrected chi connectivity index (χ4v) is 1.57. The molecule has 0 saturated carbocycles. The van der Waals surface area contributed by atoms with Gasteiger partial charge in [-0.25, -0.2) is 15.0 Å². The third-order valence-corrected chi connectivity index (χ3v) is 2.25. The summed E-state index contributed by atoms with van der Waals surface area (Å²) in [6.45, 7) is 9.54. The molecule has 1 N–H and O–H groups in total. The summed E-state index contributed by atoms with van der Waals surface area (Å²) in [6, 6.07) is 5.44. The average Bonchev–Trinajstić information content (AvgIpc) is 2.30. The molecule has 4 heteroatoms. The Labute approximate surface area is 108 Å². The lowest BCUT2D eigenvalue weighted by atomic mass is 10.1. The van der Waals surface area contributed by atoms with Gasteiger partial charge in [0.25, 0.3) is 0 Å². The Morgan fingerprint density at radius 2 is 1.44 bits per heavy atom. The Kier molecular flexibility index (Phi) is 4.77. The summed E-state index contributed by atoms with van der Waals surface area (Å²) in [5.74, 6) is 2.03. The van der Waals surface area contributed by atoms with Crippen LogP contribution in [-0.4, -0.2) is 20.1 Å². The maximum Gasteiger partial charge on any atom is 0.167 e. The van der Waals surface area contributed by atoms with Gasteiger partial charge < -0.3 is 5.11 Å². The van der Waals surface area contributed by atoms with Crippen LogP contribution in [0.4, 0.5) is 0 Å². The van der Waals surface area contributed by atoms with Crippen LogP contribution in [0.25, 0.3) is 11.4 Å². The second-order valence-electron chi connectivity index (χ2n) is 3.77. The minimum Gasteiger partial charge on any atom is -0.507 e. The lowest BCUT2D eigenvalue weighted by Gasteiger charge is -2.05. The summed E-state index contributed by atoms with van der Waals surface area (Å²) >= 11 is 0. The third-order valence-electron chi connectivity index (χ3n) is 2.25. The first-order valence-electron chi connectivity index (χ1n) is 6.05. The Hall–Kier alpha value is -1.97. The van der Waals surface area contributed by atoms with E-state index in [2.05, 4.69) is 15.0 Å². The Morgan fingerprint density at radius 3 is 1.94 bits per heavy atom. The van der Waals surface area contributed by atoms with Gasteiger partial charge in [-0.2, -0.15) is 0 Å². The molecular weight excluding hydrogens is 226 g/mol. The van der Waals surface area contributed by atoms with Crippen LogP contribution in [0.3, 0.4) is 0 Å². The molecule has 0 fully saturated rings. The summed E-state index contributed by atoms with van der Waals surface area (Å²) < 4.78 is 0. The lowest BCUT2D eigenvalue weighted by molar-refractivity contribution is 0.476. The van der Waals surface area contributed by atoms with Gasteiger partial charge in [0.1, 0.15) is 17.4 Å². The normalized spacial score (nSPS) is 9.61. The van der Waals surface area contributed by atoms with E-state index in [9.17, 15) is 5.11 Å². The molecule has 0 saturated heterocycles. The molecule has 0 spiro atoms. The second-order valence-corrected chi connectivity index (χ2v) is 3.77. The Morgan fingerprint density at radius 1 is 0.889 bits per heavy atom. The number of phenolic OH excluding ortho intramolecular Hbond substituents is 1. The van der Waals surface area contributed by atoms with E-state index in [-0.39, 0.29) is 5.75 Å². The molecule has 0 atom stereocenters. The largest absolute Gasteiger partial charge is 0.507 e. The molecular formula is C14H19N3O. The molecule has 4 nitrogen and oxygen atoms in total. The highest BCUT2D eigenvalue weighted by atomic mass is 16.3. The molecule has 0 aliphatic rings. The van der Waals surface area contributed by atoms with E-state index in [0.29, 0.717) is 23.0 Å². The third kappa shape index (κ3) is 3.26. The first-order valence-corrected chi connectivity index (χ1v) is 6.05. The van der Waals surface area contributed by atoms with E-state index in [0.717, 1.165) is 5.56 Å². The smallest absolute Gasteiger partial charge is 0.167 e. The highest BCUT2D eigenvalue weighted by Crippen LogP contribution is 2.26. The van der Waals surface area contributed by atoms with E-state index in [1.54, 1.807) is 6.07 Å². The van der Waals surface area contributed by atoms with Crippen molar-refractivity contribution in [2.75, 3.05) is 0 Å². The van der Waals surface area contributed by atoms with Gasteiger partial charge in [-0.3, -0.25) is 0 Å². The molecule has 2 aromatic rings. The fraction of sp³-hybridized carbons (Fsp3) is 0.357. The van der Waals surface area contributed by atoms with E-state index in [1.165, 1.54) is 0 Å². The molecule has 2 rings (SSSR count). The van der Waals surface area contributed by atoms with Crippen molar-refractivity contribution in [3.63, 3.8) is 0 Å². The summed E-state index contributed by atoms with van der Waals surface area (Å²) in [5.41, 5.74) is 1.64. The molecule has 0 aliphatic carbocycles. The minimum absolute atomic E-state index is 0.199. The Bertz CT molecular complexity index is 518. The van der Waals surface area contributed by atoms with Crippen LogP contribution in [0.15, 0.2) is 18.2 Å². The zero-order chi connectivity index (χ0) is 13.7. The number of nitrogens with zero attached hydrogens (tertiary/aromatic N) is 3. The minimum atomic E-state index is 0.199. The molecule has 18 heavy (non-hydrogen) atoms. The number of benzene rings is 1. The quantitative estimate of drug-likeness (QED) is 0.838. The molecule has 0 radical (unpaired) electrons. The van der Waals surface area contributed by atoms with Crippen molar-refractivity contribution in [1.82, 2.24) is 15.0 Å². The zero-order valence-electron chi connectivity index (χ0n) is 11.5. The molecule has 0 unspecified atom stereocenters. The number of rotatable bonds is 1. The van der Waals surface area contributed by atoms with Crippen LogP contribution in [0.2, 0.25) is 0 Å². The van der Waals surface area contributed by atoms with Gasteiger partial charge in [-0.05, 0) is 38.5 Å². The maximum absolute atomic E-state index is 9.83. The van der Waals surface area contributed by atoms with Crippen molar-refractivity contribution in [2.24, 2.45) is 0 Å². The van der Waals surface area contributed by atoms with E-state index < -0.39 is 0 Å². The Balaban J connectivity index is 0.000000771. The molecule has 1 aromatic heterocycles. The number of hydrogen-bond acceptors (Lipinski definition) is 4. The van der Waals surface area contributed by atoms with Crippen molar-refractivity contribution in [3.05, 3.63) is 35.4 Å². The molecule has 96 valence electrons. The highest BCUT2D eigenvalue weighted by molar-refractivity contribution is 5.64. The van der Waals surface area contributed by atoms with E-state index in [1.807, 2.05) is 46.8 Å².